The number of aromatic amines is 1. The lowest BCUT2D eigenvalue weighted by molar-refractivity contribution is 1.10. The number of H-pyrrole nitrogens is 1. The Bertz CT molecular complexity index is 979. The van der Waals surface area contributed by atoms with Gasteiger partial charge < -0.3 is 16.0 Å². The van der Waals surface area contributed by atoms with Gasteiger partial charge in [-0.05, 0) is 29.8 Å². The van der Waals surface area contributed by atoms with Gasteiger partial charge in [0.05, 0.1) is 5.69 Å². The molecule has 0 fully saturated rings. The van der Waals surface area contributed by atoms with Gasteiger partial charge >= 0.3 is 0 Å². The second-order valence-corrected chi connectivity index (χ2v) is 5.33. The van der Waals surface area contributed by atoms with Gasteiger partial charge in [-0.15, -0.1) is 0 Å². The van der Waals surface area contributed by atoms with Gasteiger partial charge in [0, 0.05) is 42.2 Å². The van der Waals surface area contributed by atoms with Crippen molar-refractivity contribution in [3.8, 4) is 11.3 Å². The van der Waals surface area contributed by atoms with E-state index in [0.29, 0.717) is 12.4 Å². The zero-order chi connectivity index (χ0) is 16.4. The SMILES string of the molecule is Nc1cc(-c2cc(NCc3ccncc3)nc3[nH]ccc23)ncn1. The second kappa shape index (κ2) is 5.96. The molecule has 7 nitrogen and oxygen atoms in total. The summed E-state index contributed by atoms with van der Waals surface area (Å²) in [7, 11) is 0. The molecule has 4 aromatic heterocycles. The van der Waals surface area contributed by atoms with Gasteiger partial charge in [-0.2, -0.15) is 0 Å². The second-order valence-electron chi connectivity index (χ2n) is 5.33. The third-order valence-electron chi connectivity index (χ3n) is 3.72. The highest BCUT2D eigenvalue weighted by Crippen LogP contribution is 2.29. The molecule has 7 heteroatoms. The molecule has 0 unspecified atom stereocenters. The molecule has 0 aliphatic carbocycles. The van der Waals surface area contributed by atoms with Gasteiger partial charge in [-0.25, -0.2) is 15.0 Å². The maximum absolute atomic E-state index is 5.79. The highest BCUT2D eigenvalue weighted by molar-refractivity contribution is 5.93. The van der Waals surface area contributed by atoms with Crippen LogP contribution in [0.3, 0.4) is 0 Å². The summed E-state index contributed by atoms with van der Waals surface area (Å²) >= 11 is 0. The van der Waals surface area contributed by atoms with Gasteiger partial charge in [-0.1, -0.05) is 0 Å². The monoisotopic (exact) mass is 317 g/mol. The predicted octanol–water partition coefficient (Wildman–Crippen LogP) is 2.61. The van der Waals surface area contributed by atoms with Crippen molar-refractivity contribution in [3.63, 3.8) is 0 Å². The summed E-state index contributed by atoms with van der Waals surface area (Å²) in [5.74, 6) is 1.20. The molecule has 0 saturated heterocycles. The molecule has 0 aromatic carbocycles. The van der Waals surface area contributed by atoms with E-state index in [0.717, 1.165) is 33.7 Å². The van der Waals surface area contributed by atoms with Crippen LogP contribution in [0.15, 0.2) is 55.2 Å². The fourth-order valence-corrected chi connectivity index (χ4v) is 2.55. The maximum atomic E-state index is 5.79. The fraction of sp³-hybridized carbons (Fsp3) is 0.0588. The van der Waals surface area contributed by atoms with E-state index < -0.39 is 0 Å². The van der Waals surface area contributed by atoms with Crippen LogP contribution in [-0.2, 0) is 6.54 Å². The first-order valence-electron chi connectivity index (χ1n) is 7.48. The number of rotatable bonds is 4. The molecule has 0 saturated carbocycles. The normalized spacial score (nSPS) is 10.8. The summed E-state index contributed by atoms with van der Waals surface area (Å²) in [4.78, 5) is 20.1. The van der Waals surface area contributed by atoms with E-state index in [4.69, 9.17) is 5.73 Å². The van der Waals surface area contributed by atoms with E-state index in [-0.39, 0.29) is 0 Å². The quantitative estimate of drug-likeness (QED) is 0.534. The van der Waals surface area contributed by atoms with Crippen molar-refractivity contribution in [2.45, 2.75) is 6.54 Å². The Morgan fingerprint density at radius 2 is 1.96 bits per heavy atom. The summed E-state index contributed by atoms with van der Waals surface area (Å²) in [6.45, 7) is 0.660. The first-order valence-corrected chi connectivity index (χ1v) is 7.48. The van der Waals surface area contributed by atoms with Gasteiger partial charge in [0.15, 0.2) is 0 Å². The molecule has 0 bridgehead atoms. The Balaban J connectivity index is 1.72. The average molecular weight is 317 g/mol. The lowest BCUT2D eigenvalue weighted by Crippen LogP contribution is -2.02. The molecule has 4 N–H and O–H groups in total. The first-order chi connectivity index (χ1) is 11.8. The van der Waals surface area contributed by atoms with E-state index in [1.807, 2.05) is 30.5 Å². The molecule has 118 valence electrons. The Labute approximate surface area is 138 Å². The summed E-state index contributed by atoms with van der Waals surface area (Å²) in [6.07, 6.45) is 6.87. The zero-order valence-corrected chi connectivity index (χ0v) is 12.8. The van der Waals surface area contributed by atoms with Crippen LogP contribution >= 0.6 is 0 Å². The van der Waals surface area contributed by atoms with Crippen LogP contribution in [0.2, 0.25) is 0 Å². The summed E-state index contributed by atoms with van der Waals surface area (Å²) in [5.41, 5.74) is 9.43. The van der Waals surface area contributed by atoms with Crippen molar-refractivity contribution in [2.24, 2.45) is 0 Å². The summed E-state index contributed by atoms with van der Waals surface area (Å²) < 4.78 is 0. The highest BCUT2D eigenvalue weighted by atomic mass is 15.0. The van der Waals surface area contributed by atoms with Gasteiger partial charge in [0.25, 0.3) is 0 Å². The van der Waals surface area contributed by atoms with Crippen molar-refractivity contribution >= 4 is 22.7 Å². The number of fused-ring (bicyclic) bond motifs is 1. The maximum Gasteiger partial charge on any atom is 0.140 e. The van der Waals surface area contributed by atoms with Crippen molar-refractivity contribution < 1.29 is 0 Å². The molecule has 0 amide bonds. The number of nitrogen functional groups attached to an aromatic ring is 1. The molecule has 4 aromatic rings. The minimum Gasteiger partial charge on any atom is -0.384 e. The predicted molar refractivity (Wildman–Crippen MR) is 93.1 cm³/mol. The lowest BCUT2D eigenvalue weighted by atomic mass is 10.1. The molecule has 0 aliphatic heterocycles. The van der Waals surface area contributed by atoms with Crippen LogP contribution in [0.1, 0.15) is 5.56 Å². The van der Waals surface area contributed by atoms with Crippen molar-refractivity contribution in [3.05, 3.63) is 60.8 Å². The van der Waals surface area contributed by atoms with Crippen molar-refractivity contribution in [1.29, 1.82) is 0 Å². The van der Waals surface area contributed by atoms with Crippen LogP contribution < -0.4 is 11.1 Å². The first kappa shape index (κ1) is 14.1. The minimum atomic E-state index is 0.437. The number of hydrogen-bond acceptors (Lipinski definition) is 6. The summed E-state index contributed by atoms with van der Waals surface area (Å²) in [5, 5.41) is 4.32. The third-order valence-corrected chi connectivity index (χ3v) is 3.72. The number of hydrogen-bond donors (Lipinski definition) is 3. The molecule has 0 atom stereocenters. The Hall–Kier alpha value is -3.48. The van der Waals surface area contributed by atoms with E-state index in [1.54, 1.807) is 18.5 Å². The topological polar surface area (TPSA) is 105 Å². The lowest BCUT2D eigenvalue weighted by Gasteiger charge is -2.09. The number of pyridine rings is 2. The van der Waals surface area contributed by atoms with Gasteiger partial charge in [0.1, 0.15) is 23.6 Å². The molecular formula is C17H15N7. The number of nitrogens with two attached hydrogens (primary N) is 1. The third kappa shape index (κ3) is 2.74. The zero-order valence-electron chi connectivity index (χ0n) is 12.8. The fourth-order valence-electron chi connectivity index (χ4n) is 2.55. The standard InChI is InChI=1S/C17H15N7/c18-15-8-14(22-10-23-15)13-7-16(24-17-12(13)3-6-20-17)21-9-11-1-4-19-5-2-11/h1-8,10H,9H2,(H2,18,22,23)(H2,20,21,24). The molecule has 4 rings (SSSR count). The van der Waals surface area contributed by atoms with Crippen LogP contribution in [0.4, 0.5) is 11.6 Å². The van der Waals surface area contributed by atoms with Crippen LogP contribution in [0.5, 0.6) is 0 Å². The Morgan fingerprint density at radius 1 is 1.08 bits per heavy atom. The number of anilines is 2. The van der Waals surface area contributed by atoms with Crippen molar-refractivity contribution in [2.75, 3.05) is 11.1 Å². The highest BCUT2D eigenvalue weighted by Gasteiger charge is 2.10. The van der Waals surface area contributed by atoms with Crippen LogP contribution in [0.25, 0.3) is 22.3 Å². The number of nitrogens with one attached hydrogen (secondary N) is 2. The van der Waals surface area contributed by atoms with Gasteiger partial charge in [-0.3, -0.25) is 4.98 Å². The Morgan fingerprint density at radius 3 is 2.79 bits per heavy atom. The summed E-state index contributed by atoms with van der Waals surface area (Å²) in [6, 6.07) is 9.63. The van der Waals surface area contributed by atoms with Crippen LogP contribution in [-0.4, -0.2) is 24.9 Å². The molecule has 0 aliphatic rings. The van der Waals surface area contributed by atoms with Gasteiger partial charge in [0.2, 0.25) is 0 Å². The molecule has 0 radical (unpaired) electrons. The number of nitrogens with zero attached hydrogens (tertiary/aromatic N) is 4. The van der Waals surface area contributed by atoms with E-state index in [2.05, 4.69) is 30.2 Å². The smallest absolute Gasteiger partial charge is 0.140 e. The molecule has 24 heavy (non-hydrogen) atoms. The molecule has 4 heterocycles. The molecular weight excluding hydrogens is 302 g/mol. The van der Waals surface area contributed by atoms with E-state index in [9.17, 15) is 0 Å². The largest absolute Gasteiger partial charge is 0.384 e. The number of aromatic nitrogens is 5. The minimum absolute atomic E-state index is 0.437. The van der Waals surface area contributed by atoms with Crippen LogP contribution in [0, 0.1) is 0 Å². The average Bonchev–Trinajstić information content (AvgIpc) is 3.08. The van der Waals surface area contributed by atoms with E-state index >= 15 is 0 Å². The Kier molecular flexibility index (Phi) is 3.51. The van der Waals surface area contributed by atoms with Crippen molar-refractivity contribution in [1.82, 2.24) is 24.9 Å². The van der Waals surface area contributed by atoms with E-state index in [1.165, 1.54) is 6.33 Å². The molecule has 0 spiro atoms.